The highest BCUT2D eigenvalue weighted by molar-refractivity contribution is 8.00. The fraction of sp³-hybridized carbons (Fsp3) is 0.667. The number of β-amino-alcohol motifs (C(OH)–C–C–N with tert-alkyl or cyclic N) is 1. The Hall–Kier alpha value is -0.860. The van der Waals surface area contributed by atoms with Crippen LogP contribution in [0.15, 0.2) is 4.34 Å². The molecule has 1 saturated heterocycles. The summed E-state index contributed by atoms with van der Waals surface area (Å²) in [5, 5.41) is 18.3. The average molecular weight is 272 g/mol. The van der Waals surface area contributed by atoms with Crippen molar-refractivity contribution in [2.75, 3.05) is 17.7 Å². The molecule has 0 aromatic carbocycles. The van der Waals surface area contributed by atoms with E-state index in [0.29, 0.717) is 17.7 Å². The predicted octanol–water partition coefficient (Wildman–Crippen LogP) is 0.983. The second kappa shape index (κ2) is 4.11. The molecular formula is C9H12N4O2S2. The molecule has 1 aliphatic heterocycles. The van der Waals surface area contributed by atoms with Gasteiger partial charge in [0.15, 0.2) is 10.6 Å². The number of aromatic nitrogens is 2. The highest BCUT2D eigenvalue weighted by atomic mass is 32.2. The molecule has 2 aliphatic rings. The smallest absolute Gasteiger partial charge is 0.328 e. The van der Waals surface area contributed by atoms with E-state index in [1.54, 1.807) is 4.90 Å². The fourth-order valence-corrected chi connectivity index (χ4v) is 3.18. The van der Waals surface area contributed by atoms with Crippen molar-refractivity contribution >= 4 is 34.3 Å². The average Bonchev–Trinajstić information content (AvgIpc) is 2.97. The number of amides is 2. The van der Waals surface area contributed by atoms with E-state index in [4.69, 9.17) is 0 Å². The van der Waals surface area contributed by atoms with Crippen LogP contribution in [0.2, 0.25) is 0 Å². The number of hydrogen-bond donors (Lipinski definition) is 1. The first kappa shape index (κ1) is 11.2. The number of anilines is 1. The number of aliphatic hydroxyl groups excluding tert-OH is 1. The van der Waals surface area contributed by atoms with Crippen LogP contribution in [0.5, 0.6) is 0 Å². The number of aliphatic hydroxyl groups is 1. The molecule has 2 heterocycles. The second-order valence-corrected chi connectivity index (χ2v) is 6.08. The Bertz CT molecular complexity index is 448. The quantitative estimate of drug-likeness (QED) is 0.656. The number of thioether (sulfide) groups is 1. The zero-order valence-electron chi connectivity index (χ0n) is 9.24. The van der Waals surface area contributed by atoms with Crippen LogP contribution in [-0.4, -0.2) is 51.3 Å². The Balaban J connectivity index is 1.84. The third-order valence-corrected chi connectivity index (χ3v) is 4.77. The molecule has 2 amide bonds. The topological polar surface area (TPSA) is 69.6 Å². The summed E-state index contributed by atoms with van der Waals surface area (Å²) < 4.78 is 0.796. The first-order valence-electron chi connectivity index (χ1n) is 5.36. The first-order valence-corrected chi connectivity index (χ1v) is 7.40. The number of carbonyl (C=O) groups is 1. The van der Waals surface area contributed by atoms with E-state index in [9.17, 15) is 9.90 Å². The van der Waals surface area contributed by atoms with E-state index in [-0.39, 0.29) is 6.03 Å². The molecule has 17 heavy (non-hydrogen) atoms. The highest BCUT2D eigenvalue weighted by Crippen LogP contribution is 2.35. The van der Waals surface area contributed by atoms with Gasteiger partial charge in [0, 0.05) is 6.04 Å². The largest absolute Gasteiger partial charge is 0.371 e. The van der Waals surface area contributed by atoms with Crippen LogP contribution in [0, 0.1) is 0 Å². The van der Waals surface area contributed by atoms with Crippen molar-refractivity contribution in [2.45, 2.75) is 29.5 Å². The maximum atomic E-state index is 12.1. The van der Waals surface area contributed by atoms with Crippen molar-refractivity contribution < 1.29 is 9.90 Å². The lowest BCUT2D eigenvalue weighted by Crippen LogP contribution is -2.35. The van der Waals surface area contributed by atoms with Crippen LogP contribution in [0.25, 0.3) is 0 Å². The number of rotatable bonds is 3. The van der Waals surface area contributed by atoms with Gasteiger partial charge in [-0.25, -0.2) is 9.69 Å². The molecule has 1 N–H and O–H groups in total. The van der Waals surface area contributed by atoms with E-state index in [1.165, 1.54) is 28.0 Å². The van der Waals surface area contributed by atoms with Gasteiger partial charge in [0.25, 0.3) is 0 Å². The van der Waals surface area contributed by atoms with Gasteiger partial charge >= 0.3 is 6.03 Å². The SMILES string of the molecule is CSc1nnc(N2C(=O)N(C3CC3)CC2O)s1. The summed E-state index contributed by atoms with van der Waals surface area (Å²) in [7, 11) is 0. The van der Waals surface area contributed by atoms with E-state index in [2.05, 4.69) is 10.2 Å². The zero-order valence-corrected chi connectivity index (χ0v) is 10.9. The molecule has 1 aliphatic carbocycles. The molecule has 92 valence electrons. The summed E-state index contributed by atoms with van der Waals surface area (Å²) in [5.41, 5.74) is 0. The van der Waals surface area contributed by atoms with Crippen molar-refractivity contribution in [1.29, 1.82) is 0 Å². The third kappa shape index (κ3) is 1.90. The summed E-state index contributed by atoms with van der Waals surface area (Å²) in [6.45, 7) is 0.373. The van der Waals surface area contributed by atoms with Gasteiger partial charge in [-0.15, -0.1) is 10.2 Å². The third-order valence-electron chi connectivity index (χ3n) is 2.87. The molecule has 1 aromatic rings. The molecule has 2 fully saturated rings. The van der Waals surface area contributed by atoms with Crippen molar-refractivity contribution in [1.82, 2.24) is 15.1 Å². The fourth-order valence-electron chi connectivity index (χ4n) is 1.88. The van der Waals surface area contributed by atoms with Crippen LogP contribution < -0.4 is 4.90 Å². The summed E-state index contributed by atoms with van der Waals surface area (Å²) in [4.78, 5) is 15.2. The van der Waals surface area contributed by atoms with Gasteiger partial charge in [0.1, 0.15) is 0 Å². The molecule has 1 saturated carbocycles. The number of urea groups is 1. The molecular weight excluding hydrogens is 260 g/mol. The van der Waals surface area contributed by atoms with Gasteiger partial charge in [-0.2, -0.15) is 0 Å². The Kier molecular flexibility index (Phi) is 2.72. The van der Waals surface area contributed by atoms with Crippen LogP contribution in [-0.2, 0) is 0 Å². The Morgan fingerprint density at radius 2 is 2.24 bits per heavy atom. The van der Waals surface area contributed by atoms with Gasteiger partial charge in [-0.05, 0) is 19.1 Å². The molecule has 3 rings (SSSR count). The van der Waals surface area contributed by atoms with Crippen LogP contribution in [0.4, 0.5) is 9.93 Å². The van der Waals surface area contributed by atoms with E-state index < -0.39 is 6.23 Å². The molecule has 0 radical (unpaired) electrons. The Labute approximate surface area is 107 Å². The summed E-state index contributed by atoms with van der Waals surface area (Å²) in [6.07, 6.45) is 3.19. The van der Waals surface area contributed by atoms with Crippen molar-refractivity contribution in [3.05, 3.63) is 0 Å². The molecule has 8 heteroatoms. The van der Waals surface area contributed by atoms with Gasteiger partial charge in [0.05, 0.1) is 6.54 Å². The lowest BCUT2D eigenvalue weighted by molar-refractivity contribution is 0.175. The van der Waals surface area contributed by atoms with Gasteiger partial charge in [-0.1, -0.05) is 23.1 Å². The standard InChI is InChI=1S/C9H12N4O2S2/c1-16-8-11-10-7(17-8)13-6(14)4-12(9(13)15)5-2-3-5/h5-6,14H,2-4H2,1H3. The molecule has 0 spiro atoms. The zero-order chi connectivity index (χ0) is 12.0. The maximum absolute atomic E-state index is 12.1. The Morgan fingerprint density at radius 3 is 2.82 bits per heavy atom. The second-order valence-electron chi connectivity index (χ2n) is 4.07. The summed E-state index contributed by atoms with van der Waals surface area (Å²) in [5.74, 6) is 0. The van der Waals surface area contributed by atoms with Crippen molar-refractivity contribution in [3.63, 3.8) is 0 Å². The lowest BCUT2D eigenvalue weighted by atomic mass is 10.5. The van der Waals surface area contributed by atoms with E-state index in [0.717, 1.165) is 17.2 Å². The molecule has 6 nitrogen and oxygen atoms in total. The van der Waals surface area contributed by atoms with Crippen LogP contribution in [0.1, 0.15) is 12.8 Å². The van der Waals surface area contributed by atoms with E-state index in [1.807, 2.05) is 6.26 Å². The predicted molar refractivity (Wildman–Crippen MR) is 65.3 cm³/mol. The maximum Gasteiger partial charge on any atom is 0.328 e. The molecule has 0 bridgehead atoms. The number of carbonyl (C=O) groups excluding carboxylic acids is 1. The monoisotopic (exact) mass is 272 g/mol. The van der Waals surface area contributed by atoms with Gasteiger partial charge in [0.2, 0.25) is 5.13 Å². The van der Waals surface area contributed by atoms with Gasteiger partial charge in [-0.3, -0.25) is 0 Å². The first-order chi connectivity index (χ1) is 8.20. The van der Waals surface area contributed by atoms with Crippen LogP contribution in [0.3, 0.4) is 0 Å². The van der Waals surface area contributed by atoms with Gasteiger partial charge < -0.3 is 10.0 Å². The minimum atomic E-state index is -0.800. The lowest BCUT2D eigenvalue weighted by Gasteiger charge is -2.15. The Morgan fingerprint density at radius 1 is 1.47 bits per heavy atom. The summed E-state index contributed by atoms with van der Waals surface area (Å²) in [6, 6.07) is 0.166. The van der Waals surface area contributed by atoms with Crippen LogP contribution >= 0.6 is 23.1 Å². The summed E-state index contributed by atoms with van der Waals surface area (Å²) >= 11 is 2.81. The molecule has 1 unspecified atom stereocenters. The normalized spacial score (nSPS) is 24.8. The number of hydrogen-bond acceptors (Lipinski definition) is 6. The molecule has 1 atom stereocenters. The molecule has 1 aromatic heterocycles. The van der Waals surface area contributed by atoms with Crippen molar-refractivity contribution in [2.24, 2.45) is 0 Å². The minimum Gasteiger partial charge on any atom is -0.371 e. The highest BCUT2D eigenvalue weighted by Gasteiger charge is 2.45. The number of nitrogens with zero attached hydrogens (tertiary/aromatic N) is 4. The minimum absolute atomic E-state index is 0.149. The van der Waals surface area contributed by atoms with E-state index >= 15 is 0 Å². The van der Waals surface area contributed by atoms with Crippen molar-refractivity contribution in [3.8, 4) is 0 Å².